The molecule has 0 aliphatic heterocycles. The van der Waals surface area contributed by atoms with E-state index in [1.54, 1.807) is 0 Å². The van der Waals surface area contributed by atoms with Crippen molar-refractivity contribution in [2.75, 3.05) is 0 Å². The van der Waals surface area contributed by atoms with Crippen LogP contribution in [0.5, 0.6) is 0 Å². The van der Waals surface area contributed by atoms with Crippen LogP contribution >= 0.6 is 0 Å². The van der Waals surface area contributed by atoms with Gasteiger partial charge in [-0.1, -0.05) is 25.1 Å². The van der Waals surface area contributed by atoms with Gasteiger partial charge in [-0.15, -0.1) is 0 Å². The lowest BCUT2D eigenvalue weighted by molar-refractivity contribution is 0.615. The van der Waals surface area contributed by atoms with Crippen LogP contribution in [0.2, 0.25) is 0 Å². The van der Waals surface area contributed by atoms with E-state index in [2.05, 4.69) is 19.1 Å². The van der Waals surface area contributed by atoms with Crippen LogP contribution in [0.1, 0.15) is 18.1 Å². The van der Waals surface area contributed by atoms with E-state index in [-0.39, 0.29) is 9.76 Å². The van der Waals surface area contributed by atoms with E-state index in [9.17, 15) is 0 Å². The quantitative estimate of drug-likeness (QED) is 0.641. The monoisotopic (exact) mass is 164 g/mol. The minimum Gasteiger partial charge on any atom is -0.428 e. The molecule has 1 aromatic carbocycles. The first-order chi connectivity index (χ1) is 5.27. The Balaban J connectivity index is 2.99. The highest BCUT2D eigenvalue weighted by Crippen LogP contribution is 2.01. The Kier molecular flexibility index (Phi) is 2.85. The Morgan fingerprint density at radius 2 is 2.18 bits per heavy atom. The average Bonchev–Trinajstić information content (AvgIpc) is 2.04. The first kappa shape index (κ1) is 8.49. The molecule has 58 valence electrons. The lowest BCUT2D eigenvalue weighted by Crippen LogP contribution is -2.16. The number of hydrogen-bond acceptors (Lipinski definition) is 1. The number of rotatable bonds is 2. The molecule has 11 heavy (non-hydrogen) atoms. The highest BCUT2D eigenvalue weighted by Gasteiger charge is 1.98. The van der Waals surface area contributed by atoms with Crippen LogP contribution in [-0.4, -0.2) is 14.6 Å². The fraction of sp³-hybridized carbons (Fsp3) is 0.333. The molecular formula is C9H12OSi. The summed E-state index contributed by atoms with van der Waals surface area (Å²) in [5.74, 6) is 0. The van der Waals surface area contributed by atoms with Gasteiger partial charge in [-0.3, -0.25) is 0 Å². The Labute approximate surface area is 70.0 Å². The molecule has 2 heteroatoms. The molecule has 1 nitrogen and oxygen atoms in total. The fourth-order valence-electron chi connectivity index (χ4n) is 1.07. The third-order valence-corrected chi connectivity index (χ3v) is 2.62. The van der Waals surface area contributed by atoms with E-state index in [0.717, 1.165) is 11.6 Å². The van der Waals surface area contributed by atoms with Crippen LogP contribution in [0.15, 0.2) is 18.2 Å². The van der Waals surface area contributed by atoms with Gasteiger partial charge in [0.2, 0.25) is 0 Å². The van der Waals surface area contributed by atoms with E-state index in [4.69, 9.17) is 4.80 Å². The molecule has 0 unspecified atom stereocenters. The van der Waals surface area contributed by atoms with Crippen molar-refractivity contribution in [2.45, 2.75) is 20.3 Å². The molecule has 0 aliphatic rings. The zero-order valence-electron chi connectivity index (χ0n) is 6.89. The van der Waals surface area contributed by atoms with Crippen LogP contribution in [0, 0.1) is 6.92 Å². The minimum atomic E-state index is -0.0734. The summed E-state index contributed by atoms with van der Waals surface area (Å²) in [5.41, 5.74) is 2.54. The van der Waals surface area contributed by atoms with E-state index in [1.165, 1.54) is 11.1 Å². The first-order valence-corrected chi connectivity index (χ1v) is 4.72. The molecule has 1 aromatic rings. The van der Waals surface area contributed by atoms with Crippen LogP contribution in [-0.2, 0) is 6.42 Å². The molecule has 0 atom stereocenters. The number of benzene rings is 1. The standard InChI is InChI=1S/C9H12OSi/c1-3-8-4-5-9(11-10)7(2)6-8/h4-6,10H,3H2,1-2H3. The highest BCUT2D eigenvalue weighted by molar-refractivity contribution is 6.46. The molecule has 0 heterocycles. The summed E-state index contributed by atoms with van der Waals surface area (Å²) in [6.07, 6.45) is 1.07. The molecule has 0 spiro atoms. The van der Waals surface area contributed by atoms with Gasteiger partial charge in [0.25, 0.3) is 9.76 Å². The topological polar surface area (TPSA) is 20.2 Å². The maximum absolute atomic E-state index is 8.91. The van der Waals surface area contributed by atoms with Crippen LogP contribution in [0.25, 0.3) is 0 Å². The lowest BCUT2D eigenvalue weighted by Gasteiger charge is -2.02. The summed E-state index contributed by atoms with van der Waals surface area (Å²) >= 11 is 0. The van der Waals surface area contributed by atoms with Crippen molar-refractivity contribution >= 4 is 14.9 Å². The molecule has 0 fully saturated rings. The van der Waals surface area contributed by atoms with E-state index < -0.39 is 0 Å². The third-order valence-electron chi connectivity index (χ3n) is 1.82. The Morgan fingerprint density at radius 1 is 1.45 bits per heavy atom. The maximum atomic E-state index is 8.91. The minimum absolute atomic E-state index is 0.0734. The van der Waals surface area contributed by atoms with Crippen molar-refractivity contribution in [1.29, 1.82) is 0 Å². The normalized spacial score (nSPS) is 10.1. The van der Waals surface area contributed by atoms with Gasteiger partial charge in [0, 0.05) is 0 Å². The predicted octanol–water partition coefficient (Wildman–Crippen LogP) is 0.794. The number of hydrogen-bond donors (Lipinski definition) is 1. The summed E-state index contributed by atoms with van der Waals surface area (Å²) in [7, 11) is -0.0734. The Bertz CT molecular complexity index is 245. The van der Waals surface area contributed by atoms with Gasteiger partial charge in [-0.05, 0) is 29.7 Å². The third kappa shape index (κ3) is 1.91. The summed E-state index contributed by atoms with van der Waals surface area (Å²) in [4.78, 5) is 8.91. The van der Waals surface area contributed by atoms with Gasteiger partial charge in [-0.2, -0.15) is 0 Å². The van der Waals surface area contributed by atoms with Crippen molar-refractivity contribution in [2.24, 2.45) is 0 Å². The summed E-state index contributed by atoms with van der Waals surface area (Å²) in [6.45, 7) is 4.17. The largest absolute Gasteiger partial charge is 0.428 e. The van der Waals surface area contributed by atoms with Gasteiger partial charge in [-0.25, -0.2) is 0 Å². The van der Waals surface area contributed by atoms with E-state index in [0.29, 0.717) is 0 Å². The Hall–Kier alpha value is -0.603. The molecule has 0 aliphatic carbocycles. The smallest absolute Gasteiger partial charge is 0.265 e. The molecule has 0 aromatic heterocycles. The van der Waals surface area contributed by atoms with Crippen molar-refractivity contribution < 1.29 is 4.80 Å². The second kappa shape index (κ2) is 3.69. The van der Waals surface area contributed by atoms with E-state index in [1.807, 2.05) is 13.0 Å². The zero-order chi connectivity index (χ0) is 8.27. The van der Waals surface area contributed by atoms with Gasteiger partial charge in [0.15, 0.2) is 0 Å². The van der Waals surface area contributed by atoms with Crippen molar-refractivity contribution in [3.05, 3.63) is 29.3 Å². The molecule has 0 bridgehead atoms. The molecular weight excluding hydrogens is 152 g/mol. The first-order valence-electron chi connectivity index (χ1n) is 3.77. The van der Waals surface area contributed by atoms with Gasteiger partial charge in [0.1, 0.15) is 0 Å². The summed E-state index contributed by atoms with van der Waals surface area (Å²) in [6, 6.07) is 6.22. The van der Waals surface area contributed by atoms with Gasteiger partial charge >= 0.3 is 0 Å². The lowest BCUT2D eigenvalue weighted by atomic mass is 10.1. The second-order valence-corrected chi connectivity index (χ2v) is 3.38. The molecule has 2 radical (unpaired) electrons. The number of aryl methyl sites for hydroxylation is 2. The zero-order valence-corrected chi connectivity index (χ0v) is 7.89. The van der Waals surface area contributed by atoms with Gasteiger partial charge < -0.3 is 4.80 Å². The molecule has 0 saturated carbocycles. The Morgan fingerprint density at radius 3 is 2.64 bits per heavy atom. The second-order valence-electron chi connectivity index (χ2n) is 2.61. The predicted molar refractivity (Wildman–Crippen MR) is 48.2 cm³/mol. The van der Waals surface area contributed by atoms with Crippen LogP contribution in [0.3, 0.4) is 0 Å². The molecule has 0 amide bonds. The van der Waals surface area contributed by atoms with Crippen molar-refractivity contribution in [3.63, 3.8) is 0 Å². The van der Waals surface area contributed by atoms with Crippen molar-refractivity contribution in [3.8, 4) is 0 Å². The summed E-state index contributed by atoms with van der Waals surface area (Å²) < 4.78 is 0. The SMILES string of the molecule is CCc1ccc([Si]O)c(C)c1. The molecule has 1 rings (SSSR count). The van der Waals surface area contributed by atoms with Gasteiger partial charge in [0.05, 0.1) is 0 Å². The maximum Gasteiger partial charge on any atom is 0.265 e. The van der Waals surface area contributed by atoms with E-state index >= 15 is 0 Å². The van der Waals surface area contributed by atoms with Crippen LogP contribution < -0.4 is 5.19 Å². The highest BCUT2D eigenvalue weighted by atomic mass is 28.2. The van der Waals surface area contributed by atoms with Crippen molar-refractivity contribution in [1.82, 2.24) is 0 Å². The average molecular weight is 164 g/mol. The fourth-order valence-corrected chi connectivity index (χ4v) is 1.48. The molecule has 0 saturated heterocycles. The molecule has 1 N–H and O–H groups in total. The summed E-state index contributed by atoms with van der Waals surface area (Å²) in [5, 5.41) is 1.06. The van der Waals surface area contributed by atoms with Crippen LogP contribution in [0.4, 0.5) is 0 Å².